The van der Waals surface area contributed by atoms with Crippen LogP contribution < -0.4 is 0 Å². The van der Waals surface area contributed by atoms with E-state index < -0.39 is 18.2 Å². The third-order valence-corrected chi connectivity index (χ3v) is 3.81. The molecule has 0 spiro atoms. The molecule has 2 atom stereocenters. The van der Waals surface area contributed by atoms with Gasteiger partial charge in [0.2, 0.25) is 0 Å². The van der Waals surface area contributed by atoms with Crippen molar-refractivity contribution in [2.45, 2.75) is 43.8 Å². The van der Waals surface area contributed by atoms with E-state index in [0.717, 1.165) is 18.4 Å². The molecule has 0 amide bonds. The molecule has 21 heavy (non-hydrogen) atoms. The second-order valence-electron chi connectivity index (χ2n) is 5.34. The van der Waals surface area contributed by atoms with Crippen molar-refractivity contribution >= 4 is 5.97 Å². The molecule has 0 saturated heterocycles. The molecule has 1 aliphatic rings. The van der Waals surface area contributed by atoms with Crippen molar-refractivity contribution in [3.05, 3.63) is 35.4 Å². The van der Waals surface area contributed by atoms with Crippen LogP contribution in [0.1, 0.15) is 43.4 Å². The van der Waals surface area contributed by atoms with E-state index >= 15 is 0 Å². The molecule has 112 valence electrons. The standard InChI is InChI=1S/C16H19NO4/c1-2-21-14(19)9-13(18)15(20)11-3-5-12(6-4-11)16(10-17)7-8-16/h3-6,13,15,18,20H,2,7-9H2,1H3. The summed E-state index contributed by atoms with van der Waals surface area (Å²) in [6, 6.07) is 9.27. The number of carbonyl (C=O) groups is 1. The SMILES string of the molecule is CCOC(=O)CC(O)C(O)c1ccc(C2(C#N)CC2)cc1. The van der Waals surface area contributed by atoms with Crippen LogP contribution in [0.5, 0.6) is 0 Å². The maximum absolute atomic E-state index is 11.3. The van der Waals surface area contributed by atoms with Gasteiger partial charge in [-0.25, -0.2) is 0 Å². The topological polar surface area (TPSA) is 90.6 Å². The Morgan fingerprint density at radius 3 is 2.48 bits per heavy atom. The van der Waals surface area contributed by atoms with Crippen molar-refractivity contribution in [1.29, 1.82) is 5.26 Å². The minimum Gasteiger partial charge on any atom is -0.466 e. The molecule has 1 aromatic rings. The first kappa shape index (κ1) is 15.5. The van der Waals surface area contributed by atoms with Gasteiger partial charge in [-0.3, -0.25) is 4.79 Å². The summed E-state index contributed by atoms with van der Waals surface area (Å²) < 4.78 is 4.74. The number of nitrogens with zero attached hydrogens (tertiary/aromatic N) is 1. The highest BCUT2D eigenvalue weighted by atomic mass is 16.5. The fourth-order valence-corrected chi connectivity index (χ4v) is 2.31. The van der Waals surface area contributed by atoms with E-state index in [-0.39, 0.29) is 18.4 Å². The highest BCUT2D eigenvalue weighted by molar-refractivity contribution is 5.70. The van der Waals surface area contributed by atoms with Gasteiger partial charge in [-0.05, 0) is 30.9 Å². The van der Waals surface area contributed by atoms with Crippen LogP contribution in [0.3, 0.4) is 0 Å². The van der Waals surface area contributed by atoms with Crippen LogP contribution in [-0.2, 0) is 14.9 Å². The predicted octanol–water partition coefficient (Wildman–Crippen LogP) is 1.59. The molecule has 1 aliphatic carbocycles. The maximum Gasteiger partial charge on any atom is 0.308 e. The lowest BCUT2D eigenvalue weighted by Crippen LogP contribution is -2.23. The summed E-state index contributed by atoms with van der Waals surface area (Å²) in [5.41, 5.74) is 1.08. The van der Waals surface area contributed by atoms with E-state index in [1.54, 1.807) is 31.2 Å². The Balaban J connectivity index is 2.01. The summed E-state index contributed by atoms with van der Waals surface area (Å²) in [6.45, 7) is 1.93. The van der Waals surface area contributed by atoms with Gasteiger partial charge < -0.3 is 14.9 Å². The number of benzene rings is 1. The van der Waals surface area contributed by atoms with E-state index in [2.05, 4.69) is 6.07 Å². The summed E-state index contributed by atoms with van der Waals surface area (Å²) in [6.07, 6.45) is -0.895. The van der Waals surface area contributed by atoms with Crippen LogP contribution in [0, 0.1) is 11.3 Å². The monoisotopic (exact) mass is 289 g/mol. The molecule has 1 saturated carbocycles. The van der Waals surface area contributed by atoms with Crippen LogP contribution in [0.2, 0.25) is 0 Å². The van der Waals surface area contributed by atoms with Crippen LogP contribution >= 0.6 is 0 Å². The van der Waals surface area contributed by atoms with Gasteiger partial charge in [0.15, 0.2) is 0 Å². The number of carbonyl (C=O) groups excluding carboxylic acids is 1. The van der Waals surface area contributed by atoms with E-state index in [9.17, 15) is 15.0 Å². The second kappa shape index (κ2) is 6.25. The van der Waals surface area contributed by atoms with Gasteiger partial charge >= 0.3 is 5.97 Å². The van der Waals surface area contributed by atoms with Crippen molar-refractivity contribution in [3.8, 4) is 6.07 Å². The molecule has 1 fully saturated rings. The van der Waals surface area contributed by atoms with Gasteiger partial charge in [0, 0.05) is 0 Å². The fraction of sp³-hybridized carbons (Fsp3) is 0.500. The number of rotatable bonds is 6. The van der Waals surface area contributed by atoms with Crippen molar-refractivity contribution < 1.29 is 19.7 Å². The summed E-state index contributed by atoms with van der Waals surface area (Å²) >= 11 is 0. The predicted molar refractivity (Wildman–Crippen MR) is 75.2 cm³/mol. The van der Waals surface area contributed by atoms with Gasteiger partial charge in [0.05, 0.1) is 30.6 Å². The number of nitriles is 1. The molecule has 0 radical (unpaired) electrons. The molecule has 0 bridgehead atoms. The Kier molecular flexibility index (Phi) is 4.61. The third kappa shape index (κ3) is 3.41. The third-order valence-electron chi connectivity index (χ3n) is 3.81. The molecular weight excluding hydrogens is 270 g/mol. The Morgan fingerprint density at radius 1 is 1.38 bits per heavy atom. The number of ether oxygens (including phenoxy) is 1. The highest BCUT2D eigenvalue weighted by Gasteiger charge is 2.44. The molecule has 1 aromatic carbocycles. The number of hydrogen-bond acceptors (Lipinski definition) is 5. The summed E-state index contributed by atoms with van der Waals surface area (Å²) in [5, 5.41) is 29.0. The molecule has 2 unspecified atom stereocenters. The molecular formula is C16H19NO4. The van der Waals surface area contributed by atoms with Crippen LogP contribution in [-0.4, -0.2) is 28.9 Å². The van der Waals surface area contributed by atoms with Gasteiger partial charge in [0.1, 0.15) is 6.10 Å². The molecule has 0 aromatic heterocycles. The Bertz CT molecular complexity index is 542. The largest absolute Gasteiger partial charge is 0.466 e. The molecule has 2 rings (SSSR count). The van der Waals surface area contributed by atoms with Crippen LogP contribution in [0.15, 0.2) is 24.3 Å². The number of aliphatic hydroxyl groups is 2. The lowest BCUT2D eigenvalue weighted by molar-refractivity contribution is -0.147. The van der Waals surface area contributed by atoms with Gasteiger partial charge in [-0.15, -0.1) is 0 Å². The number of aliphatic hydroxyl groups excluding tert-OH is 2. The average Bonchev–Trinajstić information content (AvgIpc) is 3.28. The van der Waals surface area contributed by atoms with E-state index in [1.165, 1.54) is 0 Å². The zero-order valence-electron chi connectivity index (χ0n) is 12.0. The van der Waals surface area contributed by atoms with Crippen molar-refractivity contribution in [1.82, 2.24) is 0 Å². The summed E-state index contributed by atoms with van der Waals surface area (Å²) in [5.74, 6) is -0.540. The minimum atomic E-state index is -1.21. The molecule has 5 nitrogen and oxygen atoms in total. The summed E-state index contributed by atoms with van der Waals surface area (Å²) in [4.78, 5) is 11.3. The molecule has 5 heteroatoms. The maximum atomic E-state index is 11.3. The smallest absolute Gasteiger partial charge is 0.308 e. The van der Waals surface area contributed by atoms with E-state index in [4.69, 9.17) is 10.00 Å². The number of esters is 1. The Labute approximate surface area is 123 Å². The second-order valence-corrected chi connectivity index (χ2v) is 5.34. The van der Waals surface area contributed by atoms with Crippen molar-refractivity contribution in [2.75, 3.05) is 6.61 Å². The summed E-state index contributed by atoms with van der Waals surface area (Å²) in [7, 11) is 0. The van der Waals surface area contributed by atoms with Gasteiger partial charge in [-0.1, -0.05) is 24.3 Å². The normalized spacial score (nSPS) is 18.4. The van der Waals surface area contributed by atoms with Crippen molar-refractivity contribution in [2.24, 2.45) is 0 Å². The highest BCUT2D eigenvalue weighted by Crippen LogP contribution is 2.47. The average molecular weight is 289 g/mol. The van der Waals surface area contributed by atoms with Gasteiger partial charge in [0.25, 0.3) is 0 Å². The molecule has 0 heterocycles. The fourth-order valence-electron chi connectivity index (χ4n) is 2.31. The molecule has 2 N–H and O–H groups in total. The van der Waals surface area contributed by atoms with E-state index in [0.29, 0.717) is 5.56 Å². The van der Waals surface area contributed by atoms with Crippen LogP contribution in [0.25, 0.3) is 0 Å². The number of hydrogen-bond donors (Lipinski definition) is 2. The zero-order valence-corrected chi connectivity index (χ0v) is 12.0. The molecule has 0 aliphatic heterocycles. The Hall–Kier alpha value is -1.90. The van der Waals surface area contributed by atoms with Gasteiger partial charge in [-0.2, -0.15) is 5.26 Å². The first-order chi connectivity index (χ1) is 10.0. The Morgan fingerprint density at radius 2 is 2.00 bits per heavy atom. The van der Waals surface area contributed by atoms with Crippen molar-refractivity contribution in [3.63, 3.8) is 0 Å². The lowest BCUT2D eigenvalue weighted by Gasteiger charge is -2.18. The van der Waals surface area contributed by atoms with E-state index in [1.807, 2.05) is 0 Å². The lowest BCUT2D eigenvalue weighted by atomic mass is 9.94. The quantitative estimate of drug-likeness (QED) is 0.776. The first-order valence-corrected chi connectivity index (χ1v) is 7.06. The van der Waals surface area contributed by atoms with Crippen LogP contribution in [0.4, 0.5) is 0 Å². The zero-order chi connectivity index (χ0) is 15.5. The first-order valence-electron chi connectivity index (χ1n) is 7.06. The minimum absolute atomic E-state index is 0.243.